The van der Waals surface area contributed by atoms with Crippen LogP contribution < -0.4 is 15.0 Å². The van der Waals surface area contributed by atoms with Gasteiger partial charge in [0.25, 0.3) is 5.91 Å². The minimum absolute atomic E-state index is 0.00735. The Bertz CT molecular complexity index is 1050. The van der Waals surface area contributed by atoms with Gasteiger partial charge in [-0.05, 0) is 51.1 Å². The van der Waals surface area contributed by atoms with Crippen molar-refractivity contribution in [3.8, 4) is 5.75 Å². The standard InChI is InChI=1S/C26H35N3O6S/c1-26(2,3)35-25(31)29-12-8-20(9-13-29)34-23-14-19(28-10-4-5-11-28)6-7-21(23)24(30)27-22-17-36-16-18(22)15-33-32/h6-7,14,16-17,20,32H,4-5,8-13,15H2,1-3H3,(H,27,30). The summed E-state index contributed by atoms with van der Waals surface area (Å²) in [5, 5.41) is 15.4. The first-order valence-electron chi connectivity index (χ1n) is 12.4. The highest BCUT2D eigenvalue weighted by atomic mass is 32.1. The van der Waals surface area contributed by atoms with E-state index >= 15 is 0 Å². The minimum Gasteiger partial charge on any atom is -0.489 e. The van der Waals surface area contributed by atoms with E-state index in [2.05, 4.69) is 15.1 Å². The summed E-state index contributed by atoms with van der Waals surface area (Å²) in [6, 6.07) is 5.72. The Hall–Kier alpha value is -2.82. The van der Waals surface area contributed by atoms with E-state index in [1.807, 2.05) is 44.4 Å². The molecule has 2 saturated heterocycles. The molecule has 0 bridgehead atoms. The summed E-state index contributed by atoms with van der Waals surface area (Å²) in [7, 11) is 0. The van der Waals surface area contributed by atoms with Gasteiger partial charge in [0, 0.05) is 61.7 Å². The fraction of sp³-hybridized carbons (Fsp3) is 0.538. The molecule has 2 N–H and O–H groups in total. The molecule has 0 saturated carbocycles. The second-order valence-corrected chi connectivity index (χ2v) is 10.9. The summed E-state index contributed by atoms with van der Waals surface area (Å²) >= 11 is 1.41. The largest absolute Gasteiger partial charge is 0.489 e. The smallest absolute Gasteiger partial charge is 0.410 e. The fourth-order valence-electron chi connectivity index (χ4n) is 4.43. The Kier molecular flexibility index (Phi) is 8.38. The molecule has 9 nitrogen and oxygen atoms in total. The third kappa shape index (κ3) is 6.68. The summed E-state index contributed by atoms with van der Waals surface area (Å²) in [4.78, 5) is 33.9. The normalized spacial score (nSPS) is 16.8. The number of carbonyl (C=O) groups excluding carboxylic acids is 2. The van der Waals surface area contributed by atoms with Crippen LogP contribution in [0.25, 0.3) is 0 Å². The molecule has 3 heterocycles. The SMILES string of the molecule is CC(C)(C)OC(=O)N1CCC(Oc2cc(N3CCCC3)ccc2C(=O)Nc2cscc2COO)CC1. The van der Waals surface area contributed by atoms with Gasteiger partial charge in [-0.1, -0.05) is 0 Å². The first-order chi connectivity index (χ1) is 17.2. The molecule has 2 fully saturated rings. The van der Waals surface area contributed by atoms with Gasteiger partial charge in [0.2, 0.25) is 0 Å². The zero-order chi connectivity index (χ0) is 25.7. The number of nitrogens with zero attached hydrogens (tertiary/aromatic N) is 2. The van der Waals surface area contributed by atoms with Gasteiger partial charge in [0.1, 0.15) is 24.1 Å². The molecule has 10 heteroatoms. The number of hydrogen-bond donors (Lipinski definition) is 2. The Morgan fingerprint density at radius 3 is 2.50 bits per heavy atom. The number of hydrogen-bond acceptors (Lipinski definition) is 8. The van der Waals surface area contributed by atoms with E-state index in [-0.39, 0.29) is 24.7 Å². The van der Waals surface area contributed by atoms with Crippen molar-refractivity contribution in [2.75, 3.05) is 36.4 Å². The number of amides is 2. The molecule has 2 aliphatic rings. The second kappa shape index (κ2) is 11.5. The van der Waals surface area contributed by atoms with Crippen molar-refractivity contribution in [1.29, 1.82) is 0 Å². The van der Waals surface area contributed by atoms with Crippen molar-refractivity contribution < 1.29 is 29.2 Å². The molecule has 1 aromatic carbocycles. The van der Waals surface area contributed by atoms with Crippen LogP contribution in [0.1, 0.15) is 62.4 Å². The topological polar surface area (TPSA) is 101 Å². The third-order valence-electron chi connectivity index (χ3n) is 6.28. The van der Waals surface area contributed by atoms with Gasteiger partial charge in [-0.15, -0.1) is 11.3 Å². The molecular formula is C26H35N3O6S. The highest BCUT2D eigenvalue weighted by Gasteiger charge is 2.29. The lowest BCUT2D eigenvalue weighted by atomic mass is 10.1. The van der Waals surface area contributed by atoms with Crippen LogP contribution in [0, 0.1) is 0 Å². The van der Waals surface area contributed by atoms with Gasteiger partial charge in [-0.2, -0.15) is 0 Å². The number of piperidine rings is 1. The Morgan fingerprint density at radius 2 is 1.83 bits per heavy atom. The average Bonchev–Trinajstić information content (AvgIpc) is 3.51. The summed E-state index contributed by atoms with van der Waals surface area (Å²) in [5.41, 5.74) is 2.24. The number of likely N-dealkylation sites (tertiary alicyclic amines) is 1. The summed E-state index contributed by atoms with van der Waals surface area (Å²) in [6.07, 6.45) is 3.16. The lowest BCUT2D eigenvalue weighted by molar-refractivity contribution is -0.252. The zero-order valence-electron chi connectivity index (χ0n) is 21.1. The molecule has 36 heavy (non-hydrogen) atoms. The molecule has 4 rings (SSSR count). The minimum atomic E-state index is -0.533. The van der Waals surface area contributed by atoms with Crippen molar-refractivity contribution >= 4 is 34.7 Å². The first kappa shape index (κ1) is 26.2. The van der Waals surface area contributed by atoms with Crippen molar-refractivity contribution in [3.05, 3.63) is 40.1 Å². The maximum Gasteiger partial charge on any atom is 0.410 e. The second-order valence-electron chi connectivity index (χ2n) is 10.2. The Labute approximate surface area is 215 Å². The third-order valence-corrected chi connectivity index (χ3v) is 7.07. The van der Waals surface area contributed by atoms with Crippen LogP contribution in [0.4, 0.5) is 16.2 Å². The van der Waals surface area contributed by atoms with E-state index in [4.69, 9.17) is 14.7 Å². The Balaban J connectivity index is 1.48. The predicted molar refractivity (Wildman–Crippen MR) is 139 cm³/mol. The average molecular weight is 518 g/mol. The molecular weight excluding hydrogens is 482 g/mol. The van der Waals surface area contributed by atoms with Crippen LogP contribution in [0.15, 0.2) is 29.0 Å². The van der Waals surface area contributed by atoms with Gasteiger partial charge in [0.05, 0.1) is 11.3 Å². The highest BCUT2D eigenvalue weighted by Crippen LogP contribution is 2.32. The van der Waals surface area contributed by atoms with E-state index in [0.717, 1.165) is 31.6 Å². The number of ether oxygens (including phenoxy) is 2. The number of nitrogens with one attached hydrogen (secondary N) is 1. The van der Waals surface area contributed by atoms with E-state index in [1.165, 1.54) is 11.3 Å². The molecule has 0 atom stereocenters. The predicted octanol–water partition coefficient (Wildman–Crippen LogP) is 5.37. The summed E-state index contributed by atoms with van der Waals surface area (Å²) < 4.78 is 11.9. The Morgan fingerprint density at radius 1 is 1.11 bits per heavy atom. The van der Waals surface area contributed by atoms with Gasteiger partial charge in [-0.3, -0.25) is 10.1 Å². The molecule has 0 aliphatic carbocycles. The van der Waals surface area contributed by atoms with Crippen LogP contribution >= 0.6 is 11.3 Å². The van der Waals surface area contributed by atoms with E-state index in [1.54, 1.807) is 10.3 Å². The molecule has 2 aromatic rings. The quantitative estimate of drug-likeness (QED) is 0.376. The number of anilines is 2. The van der Waals surface area contributed by atoms with E-state index in [9.17, 15) is 9.59 Å². The lowest BCUT2D eigenvalue weighted by Crippen LogP contribution is -2.44. The zero-order valence-corrected chi connectivity index (χ0v) is 21.9. The van der Waals surface area contributed by atoms with Crippen LogP contribution in [0.2, 0.25) is 0 Å². The van der Waals surface area contributed by atoms with Gasteiger partial charge in [-0.25, -0.2) is 9.68 Å². The summed E-state index contributed by atoms with van der Waals surface area (Å²) in [5.74, 6) is 0.240. The molecule has 196 valence electrons. The van der Waals surface area contributed by atoms with E-state index in [0.29, 0.717) is 48.5 Å². The first-order valence-corrected chi connectivity index (χ1v) is 13.3. The van der Waals surface area contributed by atoms with Crippen LogP contribution in [-0.4, -0.2) is 60.0 Å². The lowest BCUT2D eigenvalue weighted by Gasteiger charge is -2.34. The van der Waals surface area contributed by atoms with E-state index < -0.39 is 5.60 Å². The van der Waals surface area contributed by atoms with Crippen molar-refractivity contribution in [1.82, 2.24) is 4.90 Å². The number of benzene rings is 1. The van der Waals surface area contributed by atoms with Crippen LogP contribution in [-0.2, 0) is 16.2 Å². The fourth-order valence-corrected chi connectivity index (χ4v) is 5.21. The highest BCUT2D eigenvalue weighted by molar-refractivity contribution is 7.08. The van der Waals surface area contributed by atoms with Gasteiger partial charge < -0.3 is 24.6 Å². The molecule has 0 unspecified atom stereocenters. The molecule has 0 radical (unpaired) electrons. The molecule has 1 aromatic heterocycles. The number of rotatable bonds is 7. The van der Waals surface area contributed by atoms with Crippen LogP contribution in [0.5, 0.6) is 5.75 Å². The van der Waals surface area contributed by atoms with Crippen molar-refractivity contribution in [3.63, 3.8) is 0 Å². The molecule has 2 aliphatic heterocycles. The van der Waals surface area contributed by atoms with Gasteiger partial charge >= 0.3 is 6.09 Å². The van der Waals surface area contributed by atoms with Crippen LogP contribution in [0.3, 0.4) is 0 Å². The number of carbonyl (C=O) groups is 2. The van der Waals surface area contributed by atoms with Gasteiger partial charge in [0.15, 0.2) is 0 Å². The number of thiophene rings is 1. The van der Waals surface area contributed by atoms with Crippen molar-refractivity contribution in [2.45, 2.75) is 64.8 Å². The maximum absolute atomic E-state index is 13.3. The molecule has 2 amide bonds. The van der Waals surface area contributed by atoms with Crippen molar-refractivity contribution in [2.24, 2.45) is 0 Å². The monoisotopic (exact) mass is 517 g/mol. The summed E-state index contributed by atoms with van der Waals surface area (Å²) in [6.45, 7) is 8.60. The maximum atomic E-state index is 13.3. The molecule has 0 spiro atoms.